The fourth-order valence-electron chi connectivity index (χ4n) is 4.07. The van der Waals surface area contributed by atoms with Gasteiger partial charge in [-0.05, 0) is 38.7 Å². The van der Waals surface area contributed by atoms with Crippen molar-refractivity contribution in [2.75, 3.05) is 13.8 Å². The molecule has 2 rings (SSSR count). The molecule has 3 atom stereocenters. The molecule has 0 bridgehead atoms. The minimum absolute atomic E-state index is 0.211. The summed E-state index contributed by atoms with van der Waals surface area (Å²) in [5.41, 5.74) is -0.864. The number of benzene rings is 1. The number of amides is 2. The van der Waals surface area contributed by atoms with Crippen LogP contribution in [0, 0.1) is 5.92 Å². The van der Waals surface area contributed by atoms with Gasteiger partial charge in [-0.25, -0.2) is 9.59 Å². The number of methoxy groups -OCH3 is 1. The molecule has 0 aromatic heterocycles. The molecule has 2 amide bonds. The second-order valence-corrected chi connectivity index (χ2v) is 12.3. The molecule has 0 aliphatic heterocycles. The first kappa shape index (κ1) is 28.9. The Hall–Kier alpha value is -2.38. The summed E-state index contributed by atoms with van der Waals surface area (Å²) in [6.07, 6.45) is 4.15. The van der Waals surface area contributed by atoms with Crippen LogP contribution in [-0.2, 0) is 29.8 Å². The van der Waals surface area contributed by atoms with Gasteiger partial charge in [0.1, 0.15) is 17.9 Å². The van der Waals surface area contributed by atoms with Crippen LogP contribution in [0.25, 0.3) is 0 Å². The van der Waals surface area contributed by atoms with Crippen molar-refractivity contribution in [1.82, 2.24) is 10.6 Å². The monoisotopic (exact) mass is 510 g/mol. The number of hydrogen-bond donors (Lipinski definition) is 2. The highest BCUT2D eigenvalue weighted by atomic mass is 31.2. The van der Waals surface area contributed by atoms with E-state index >= 15 is 0 Å². The van der Waals surface area contributed by atoms with E-state index in [0.29, 0.717) is 6.42 Å². The number of ether oxygens (including phenoxy) is 2. The van der Waals surface area contributed by atoms with Crippen LogP contribution >= 0.6 is 7.37 Å². The normalized spacial score (nSPS) is 18.0. The van der Waals surface area contributed by atoms with Crippen LogP contribution in [0.1, 0.15) is 64.9 Å². The van der Waals surface area contributed by atoms with Crippen LogP contribution in [0.5, 0.6) is 0 Å². The number of carbonyl (C=O) groups excluding carboxylic acids is 3. The van der Waals surface area contributed by atoms with E-state index in [9.17, 15) is 18.9 Å². The van der Waals surface area contributed by atoms with Gasteiger partial charge in [-0.1, -0.05) is 62.4 Å². The SMILES string of the molecule is COC(=O)P(C)(=O)OC(CC1CCCCC1)NC(=O)[C@H](Cc1ccccc1)NC(=O)OC(C)(C)C. The molecule has 0 radical (unpaired) electrons. The van der Waals surface area contributed by atoms with E-state index < -0.39 is 43.0 Å². The molecule has 0 heterocycles. The lowest BCUT2D eigenvalue weighted by molar-refractivity contribution is -0.126. The van der Waals surface area contributed by atoms with Crippen molar-refractivity contribution in [3.8, 4) is 0 Å². The molecule has 1 fully saturated rings. The van der Waals surface area contributed by atoms with E-state index in [-0.39, 0.29) is 12.3 Å². The van der Waals surface area contributed by atoms with Crippen molar-refractivity contribution < 1.29 is 32.9 Å². The van der Waals surface area contributed by atoms with E-state index in [1.54, 1.807) is 20.8 Å². The summed E-state index contributed by atoms with van der Waals surface area (Å²) >= 11 is 0. The summed E-state index contributed by atoms with van der Waals surface area (Å²) in [5, 5.41) is 5.41. The maximum absolute atomic E-state index is 13.4. The van der Waals surface area contributed by atoms with Gasteiger partial charge >= 0.3 is 19.2 Å². The van der Waals surface area contributed by atoms with Gasteiger partial charge in [-0.15, -0.1) is 0 Å². The van der Waals surface area contributed by atoms with Crippen molar-refractivity contribution in [3.05, 3.63) is 35.9 Å². The second-order valence-electron chi connectivity index (χ2n) is 10.0. The Morgan fingerprint density at radius 2 is 1.69 bits per heavy atom. The average molecular weight is 511 g/mol. The molecule has 0 spiro atoms. The number of hydrogen-bond acceptors (Lipinski definition) is 7. The Balaban J connectivity index is 2.21. The molecule has 2 unspecified atom stereocenters. The van der Waals surface area contributed by atoms with Gasteiger partial charge in [0.05, 0.1) is 7.11 Å². The topological polar surface area (TPSA) is 120 Å². The fraction of sp³-hybridized carbons (Fsp3) is 0.640. The zero-order valence-electron chi connectivity index (χ0n) is 21.4. The third-order valence-electron chi connectivity index (χ3n) is 5.70. The minimum Gasteiger partial charge on any atom is -0.462 e. The molecule has 1 aromatic carbocycles. The summed E-state index contributed by atoms with van der Waals surface area (Å²) in [7, 11) is -2.67. The van der Waals surface area contributed by atoms with Crippen LogP contribution in [-0.4, -0.2) is 49.4 Å². The third kappa shape index (κ3) is 10.4. The van der Waals surface area contributed by atoms with Crippen LogP contribution in [0.3, 0.4) is 0 Å². The lowest BCUT2D eigenvalue weighted by atomic mass is 9.86. The second kappa shape index (κ2) is 13.1. The van der Waals surface area contributed by atoms with E-state index in [4.69, 9.17) is 9.26 Å². The molecular weight excluding hydrogens is 471 g/mol. The summed E-state index contributed by atoms with van der Waals surface area (Å²) in [6.45, 7) is 6.38. The summed E-state index contributed by atoms with van der Waals surface area (Å²) in [5.74, 6) is -0.261. The average Bonchev–Trinajstić information content (AvgIpc) is 2.77. The largest absolute Gasteiger partial charge is 0.462 e. The fourth-order valence-corrected chi connectivity index (χ4v) is 5.12. The molecule has 1 aliphatic rings. The number of carbonyl (C=O) groups is 3. The van der Waals surface area contributed by atoms with Crippen molar-refractivity contribution >= 4 is 25.1 Å². The molecule has 1 aliphatic carbocycles. The molecule has 1 saturated carbocycles. The molecule has 9 nitrogen and oxygen atoms in total. The van der Waals surface area contributed by atoms with Gasteiger partial charge in [0.25, 0.3) is 0 Å². The van der Waals surface area contributed by atoms with Crippen molar-refractivity contribution in [3.63, 3.8) is 0 Å². The first-order valence-electron chi connectivity index (χ1n) is 12.1. The Labute approximate surface area is 208 Å². The molecular formula is C25H39N2O7P. The molecule has 35 heavy (non-hydrogen) atoms. The first-order valence-corrected chi connectivity index (χ1v) is 14.1. The highest BCUT2D eigenvalue weighted by Gasteiger charge is 2.35. The van der Waals surface area contributed by atoms with Crippen LogP contribution in [0.4, 0.5) is 9.59 Å². The first-order chi connectivity index (χ1) is 16.4. The van der Waals surface area contributed by atoms with Crippen LogP contribution < -0.4 is 10.6 Å². The highest BCUT2D eigenvalue weighted by Crippen LogP contribution is 2.46. The zero-order valence-corrected chi connectivity index (χ0v) is 22.3. The lowest BCUT2D eigenvalue weighted by Gasteiger charge is -2.30. The van der Waals surface area contributed by atoms with Crippen molar-refractivity contribution in [1.29, 1.82) is 0 Å². The van der Waals surface area contributed by atoms with Crippen molar-refractivity contribution in [2.24, 2.45) is 5.92 Å². The van der Waals surface area contributed by atoms with Crippen LogP contribution in [0.2, 0.25) is 0 Å². The maximum Gasteiger partial charge on any atom is 0.408 e. The van der Waals surface area contributed by atoms with Crippen LogP contribution in [0.15, 0.2) is 30.3 Å². The maximum atomic E-state index is 13.4. The molecule has 1 aromatic rings. The predicted molar refractivity (Wildman–Crippen MR) is 133 cm³/mol. The van der Waals surface area contributed by atoms with E-state index in [1.165, 1.54) is 6.66 Å². The summed E-state index contributed by atoms with van der Waals surface area (Å²) in [4.78, 5) is 37.8. The zero-order chi connectivity index (χ0) is 26.1. The Bertz CT molecular complexity index is 895. The number of rotatable bonds is 10. The smallest absolute Gasteiger partial charge is 0.408 e. The van der Waals surface area contributed by atoms with Gasteiger partial charge in [0.2, 0.25) is 5.91 Å². The van der Waals surface area contributed by atoms with E-state index in [1.807, 2.05) is 30.3 Å². The van der Waals surface area contributed by atoms with Gasteiger partial charge in [0.15, 0.2) is 0 Å². The highest BCUT2D eigenvalue weighted by molar-refractivity contribution is 7.75. The summed E-state index contributed by atoms with van der Waals surface area (Å²) in [6, 6.07) is 8.28. The van der Waals surface area contributed by atoms with Gasteiger partial charge in [0, 0.05) is 13.1 Å². The molecule has 196 valence electrons. The minimum atomic E-state index is -3.80. The molecule has 0 saturated heterocycles. The predicted octanol–water partition coefficient (Wildman–Crippen LogP) is 5.23. The standard InChI is InChI=1S/C25H39N2O7P/c1-25(2,3)33-23(29)26-20(16-18-12-8-6-9-13-18)22(28)27-21(17-19-14-10-7-11-15-19)34-35(5,31)24(30)32-4/h6,8-9,12-13,19-21H,7,10-11,14-17H2,1-5H3,(H,26,29)(H,27,28)/t20-,21?,35?/m0/s1. The Morgan fingerprint density at radius 3 is 2.26 bits per heavy atom. The van der Waals surface area contributed by atoms with E-state index in [2.05, 4.69) is 15.4 Å². The molecule has 10 heteroatoms. The van der Waals surface area contributed by atoms with Crippen molar-refractivity contribution in [2.45, 2.75) is 83.6 Å². The van der Waals surface area contributed by atoms with E-state index in [0.717, 1.165) is 44.8 Å². The Morgan fingerprint density at radius 1 is 1.06 bits per heavy atom. The summed E-state index contributed by atoms with van der Waals surface area (Å²) < 4.78 is 28.5. The number of alkyl carbamates (subject to hydrolysis) is 1. The lowest BCUT2D eigenvalue weighted by Crippen LogP contribution is -2.52. The van der Waals surface area contributed by atoms with Gasteiger partial charge in [-0.3, -0.25) is 13.9 Å². The molecule has 2 N–H and O–H groups in total. The number of nitrogens with one attached hydrogen (secondary N) is 2. The quantitative estimate of drug-likeness (QED) is 0.327. The van der Waals surface area contributed by atoms with Gasteiger partial charge in [-0.2, -0.15) is 0 Å². The Kier molecular flexibility index (Phi) is 10.8. The van der Waals surface area contributed by atoms with Gasteiger partial charge < -0.3 is 20.1 Å². The third-order valence-corrected chi connectivity index (χ3v) is 7.20.